The number of nitrogens with zero attached hydrogens (tertiary/aromatic N) is 4. The number of likely N-dealkylation sites (N-methyl/N-ethyl adjacent to an activating group) is 1. The molecule has 3 heterocycles. The van der Waals surface area contributed by atoms with E-state index in [9.17, 15) is 4.79 Å². The zero-order valence-corrected chi connectivity index (χ0v) is 16.6. The topological polar surface area (TPSA) is 93.7 Å². The first kappa shape index (κ1) is 17.7. The zero-order chi connectivity index (χ0) is 20.2. The van der Waals surface area contributed by atoms with Crippen LogP contribution in [-0.4, -0.2) is 40.9 Å². The molecule has 3 aromatic rings. The van der Waals surface area contributed by atoms with Gasteiger partial charge in [-0.15, -0.1) is 0 Å². The molecule has 29 heavy (non-hydrogen) atoms. The number of aromatic nitrogens is 2. The van der Waals surface area contributed by atoms with Gasteiger partial charge in [0, 0.05) is 45.9 Å². The van der Waals surface area contributed by atoms with E-state index in [2.05, 4.69) is 9.97 Å². The lowest BCUT2D eigenvalue weighted by atomic mass is 9.81. The van der Waals surface area contributed by atoms with Gasteiger partial charge in [0.2, 0.25) is 0 Å². The first-order chi connectivity index (χ1) is 14.0. The molecule has 5 rings (SSSR count). The van der Waals surface area contributed by atoms with E-state index in [0.717, 1.165) is 37.8 Å². The Hall–Kier alpha value is -3.39. The van der Waals surface area contributed by atoms with Gasteiger partial charge in [-0.1, -0.05) is 23.9 Å². The van der Waals surface area contributed by atoms with Gasteiger partial charge in [-0.3, -0.25) is 9.69 Å². The molecule has 0 saturated heterocycles. The van der Waals surface area contributed by atoms with Crippen molar-refractivity contribution in [3.63, 3.8) is 0 Å². The third-order valence-electron chi connectivity index (χ3n) is 5.30. The fraction of sp³-hybridized carbons (Fsp3) is 0.143. The summed E-state index contributed by atoms with van der Waals surface area (Å²) >= 11 is 1.59. The third-order valence-corrected chi connectivity index (χ3v) is 6.44. The van der Waals surface area contributed by atoms with E-state index in [1.54, 1.807) is 38.3 Å². The first-order valence-electron chi connectivity index (χ1n) is 8.94. The van der Waals surface area contributed by atoms with Crippen molar-refractivity contribution in [3.05, 3.63) is 66.2 Å². The number of benzene rings is 2. The Morgan fingerprint density at radius 2 is 1.83 bits per heavy atom. The van der Waals surface area contributed by atoms with Gasteiger partial charge >= 0.3 is 0 Å². The fourth-order valence-corrected chi connectivity index (χ4v) is 4.99. The van der Waals surface area contributed by atoms with Crippen molar-refractivity contribution in [1.82, 2.24) is 14.9 Å². The van der Waals surface area contributed by atoms with Crippen LogP contribution in [0.1, 0.15) is 11.1 Å². The van der Waals surface area contributed by atoms with Gasteiger partial charge in [0.1, 0.15) is 12.1 Å². The van der Waals surface area contributed by atoms with Crippen LogP contribution in [-0.2, 0) is 10.3 Å². The van der Waals surface area contributed by atoms with Gasteiger partial charge in [0.15, 0.2) is 11.5 Å². The highest BCUT2D eigenvalue weighted by Gasteiger charge is 2.53. The number of aliphatic imine (C=N–C) groups is 1. The molecule has 7 nitrogen and oxygen atoms in total. The standard InChI is InChI=1S/C21H17N5O2S/c1-26-19(27)21(25-20(26)22)15-5-4-14(28-2)8-18(15)29-17-6-3-12(7-16(17)21)13-9-23-11-24-10-13/h3-11H,1-2H3,(H2,22,25). The lowest BCUT2D eigenvalue weighted by Gasteiger charge is -2.34. The maximum atomic E-state index is 13.5. The number of rotatable bonds is 2. The summed E-state index contributed by atoms with van der Waals surface area (Å²) in [6.45, 7) is 0. The highest BCUT2D eigenvalue weighted by atomic mass is 32.2. The molecule has 8 heteroatoms. The molecule has 0 aliphatic carbocycles. The van der Waals surface area contributed by atoms with Crippen molar-refractivity contribution in [2.75, 3.05) is 14.2 Å². The van der Waals surface area contributed by atoms with Crippen molar-refractivity contribution in [3.8, 4) is 16.9 Å². The summed E-state index contributed by atoms with van der Waals surface area (Å²) < 4.78 is 5.38. The van der Waals surface area contributed by atoms with Crippen molar-refractivity contribution in [2.24, 2.45) is 10.7 Å². The molecule has 0 saturated carbocycles. The number of nitrogens with two attached hydrogens (primary N) is 1. The molecule has 0 radical (unpaired) electrons. The highest BCUT2D eigenvalue weighted by Crippen LogP contribution is 2.53. The molecule has 1 spiro atoms. The van der Waals surface area contributed by atoms with E-state index in [4.69, 9.17) is 15.5 Å². The Morgan fingerprint density at radius 3 is 2.52 bits per heavy atom. The highest BCUT2D eigenvalue weighted by molar-refractivity contribution is 7.99. The lowest BCUT2D eigenvalue weighted by molar-refractivity contribution is -0.129. The molecule has 144 valence electrons. The van der Waals surface area contributed by atoms with Crippen molar-refractivity contribution in [2.45, 2.75) is 15.3 Å². The van der Waals surface area contributed by atoms with Crippen LogP contribution in [0.25, 0.3) is 11.1 Å². The zero-order valence-electron chi connectivity index (χ0n) is 15.8. The smallest absolute Gasteiger partial charge is 0.266 e. The summed E-state index contributed by atoms with van der Waals surface area (Å²) in [6, 6.07) is 11.7. The summed E-state index contributed by atoms with van der Waals surface area (Å²) in [4.78, 5) is 29.7. The second-order valence-electron chi connectivity index (χ2n) is 6.85. The van der Waals surface area contributed by atoms with E-state index in [1.807, 2.05) is 36.4 Å². The minimum Gasteiger partial charge on any atom is -0.497 e. The van der Waals surface area contributed by atoms with E-state index in [0.29, 0.717) is 0 Å². The number of hydrogen-bond donors (Lipinski definition) is 1. The molecule has 2 aliphatic heterocycles. The molecule has 2 aliphatic rings. The molecule has 1 aromatic heterocycles. The average molecular weight is 403 g/mol. The van der Waals surface area contributed by atoms with Crippen LogP contribution in [0.15, 0.2) is 69.9 Å². The molecule has 2 aromatic carbocycles. The van der Waals surface area contributed by atoms with E-state index in [-0.39, 0.29) is 11.9 Å². The number of carbonyl (C=O) groups excluding carboxylic acids is 1. The minimum absolute atomic E-state index is 0.176. The SMILES string of the molecule is COc1ccc2c(c1)Sc1ccc(-c3cncnc3)cc1C21N=C(N)N(C)C1=O. The molecule has 0 bridgehead atoms. The summed E-state index contributed by atoms with van der Waals surface area (Å²) in [7, 11) is 3.27. The van der Waals surface area contributed by atoms with Crippen LogP contribution in [0.2, 0.25) is 0 Å². The van der Waals surface area contributed by atoms with E-state index >= 15 is 0 Å². The van der Waals surface area contributed by atoms with E-state index < -0.39 is 5.54 Å². The van der Waals surface area contributed by atoms with Crippen LogP contribution < -0.4 is 10.5 Å². The van der Waals surface area contributed by atoms with Gasteiger partial charge in [-0.2, -0.15) is 0 Å². The van der Waals surface area contributed by atoms with Gasteiger partial charge < -0.3 is 10.5 Å². The van der Waals surface area contributed by atoms with Crippen LogP contribution in [0.4, 0.5) is 0 Å². The van der Waals surface area contributed by atoms with Gasteiger partial charge in [-0.25, -0.2) is 15.0 Å². The number of guanidine groups is 1. The number of ether oxygens (including phenoxy) is 1. The van der Waals surface area contributed by atoms with Crippen molar-refractivity contribution >= 4 is 23.6 Å². The molecular weight excluding hydrogens is 386 g/mol. The lowest BCUT2D eigenvalue weighted by Crippen LogP contribution is -2.42. The summed E-state index contributed by atoms with van der Waals surface area (Å²) in [5.74, 6) is 0.746. The van der Waals surface area contributed by atoms with Gasteiger partial charge in [0.05, 0.1) is 7.11 Å². The molecule has 0 fully saturated rings. The normalized spacial score (nSPS) is 19.7. The van der Waals surface area contributed by atoms with Gasteiger partial charge in [0.25, 0.3) is 5.91 Å². The van der Waals surface area contributed by atoms with Gasteiger partial charge in [-0.05, 0) is 29.8 Å². The second-order valence-corrected chi connectivity index (χ2v) is 7.93. The molecule has 1 atom stereocenters. The Labute approximate surface area is 171 Å². The first-order valence-corrected chi connectivity index (χ1v) is 9.76. The Morgan fingerprint density at radius 1 is 1.03 bits per heavy atom. The molecule has 1 unspecified atom stereocenters. The number of hydrogen-bond acceptors (Lipinski definition) is 7. The largest absolute Gasteiger partial charge is 0.497 e. The number of fused-ring (bicyclic) bond motifs is 4. The summed E-state index contributed by atoms with van der Waals surface area (Å²) in [5, 5.41) is 0. The van der Waals surface area contributed by atoms with Crippen LogP contribution in [0.3, 0.4) is 0 Å². The summed E-state index contributed by atoms with van der Waals surface area (Å²) in [6.07, 6.45) is 4.98. The third kappa shape index (κ3) is 2.45. The molecular formula is C21H17N5O2S. The number of carbonyl (C=O) groups is 1. The summed E-state index contributed by atoms with van der Waals surface area (Å²) in [5.41, 5.74) is 8.27. The van der Waals surface area contributed by atoms with Crippen LogP contribution in [0, 0.1) is 0 Å². The number of amides is 1. The maximum Gasteiger partial charge on any atom is 0.266 e. The molecule has 2 N–H and O–H groups in total. The second kappa shape index (κ2) is 6.31. The van der Waals surface area contributed by atoms with Crippen LogP contribution in [0.5, 0.6) is 5.75 Å². The molecule has 1 amide bonds. The Kier molecular flexibility index (Phi) is 3.85. The van der Waals surface area contributed by atoms with Crippen LogP contribution >= 0.6 is 11.8 Å². The maximum absolute atomic E-state index is 13.5. The minimum atomic E-state index is -1.22. The quantitative estimate of drug-likeness (QED) is 0.707. The van der Waals surface area contributed by atoms with E-state index in [1.165, 1.54) is 11.2 Å². The predicted octanol–water partition coefficient (Wildman–Crippen LogP) is 2.65. The average Bonchev–Trinajstić information content (AvgIpc) is 2.98. The Bertz CT molecular complexity index is 1180. The Balaban J connectivity index is 1.79. The van der Waals surface area contributed by atoms with Crippen molar-refractivity contribution in [1.29, 1.82) is 0 Å². The predicted molar refractivity (Wildman–Crippen MR) is 110 cm³/mol. The number of methoxy groups -OCH3 is 1. The fourth-order valence-electron chi connectivity index (χ4n) is 3.80. The van der Waals surface area contributed by atoms with Crippen molar-refractivity contribution < 1.29 is 9.53 Å². The monoisotopic (exact) mass is 403 g/mol.